The van der Waals surface area contributed by atoms with E-state index in [4.69, 9.17) is 0 Å². The molecule has 0 spiro atoms. The molecule has 0 radical (unpaired) electrons. The SMILES string of the molecule is Cc1cccc(-n2c(Cc3ccccc3)nnc2SCC(=O)Nc2ccccc2)c1. The van der Waals surface area contributed by atoms with E-state index in [1.165, 1.54) is 11.8 Å². The topological polar surface area (TPSA) is 59.8 Å². The number of amides is 1. The smallest absolute Gasteiger partial charge is 0.234 e. The molecule has 0 bridgehead atoms. The Morgan fingerprint density at radius 1 is 0.933 bits per heavy atom. The molecule has 0 aliphatic rings. The minimum atomic E-state index is -0.0744. The highest BCUT2D eigenvalue weighted by molar-refractivity contribution is 7.99. The van der Waals surface area contributed by atoms with E-state index >= 15 is 0 Å². The summed E-state index contributed by atoms with van der Waals surface area (Å²) in [7, 11) is 0. The molecule has 0 fully saturated rings. The quantitative estimate of drug-likeness (QED) is 0.437. The molecular formula is C24H22N4OS. The van der Waals surface area contributed by atoms with Crippen molar-refractivity contribution in [2.24, 2.45) is 0 Å². The van der Waals surface area contributed by atoms with Gasteiger partial charge in [0, 0.05) is 17.8 Å². The van der Waals surface area contributed by atoms with Gasteiger partial charge in [-0.3, -0.25) is 9.36 Å². The van der Waals surface area contributed by atoms with Gasteiger partial charge in [-0.1, -0.05) is 72.4 Å². The summed E-state index contributed by atoms with van der Waals surface area (Å²) in [5.74, 6) is 1.02. The van der Waals surface area contributed by atoms with Gasteiger partial charge < -0.3 is 5.32 Å². The van der Waals surface area contributed by atoms with Crippen LogP contribution in [0.15, 0.2) is 90.1 Å². The van der Waals surface area contributed by atoms with Crippen molar-refractivity contribution in [1.82, 2.24) is 14.8 Å². The lowest BCUT2D eigenvalue weighted by Gasteiger charge is -2.11. The third kappa shape index (κ3) is 4.96. The third-order valence-electron chi connectivity index (χ3n) is 4.56. The lowest BCUT2D eigenvalue weighted by Crippen LogP contribution is -2.14. The molecule has 150 valence electrons. The molecule has 4 aromatic rings. The number of nitrogens with one attached hydrogen (secondary N) is 1. The van der Waals surface area contributed by atoms with Gasteiger partial charge in [-0.25, -0.2) is 0 Å². The Kier molecular flexibility index (Phi) is 6.25. The minimum Gasteiger partial charge on any atom is -0.325 e. The fourth-order valence-electron chi connectivity index (χ4n) is 3.16. The Balaban J connectivity index is 1.57. The first-order valence-corrected chi connectivity index (χ1v) is 10.7. The molecule has 1 amide bonds. The van der Waals surface area contributed by atoms with E-state index in [1.54, 1.807) is 0 Å². The number of carbonyl (C=O) groups excluding carboxylic acids is 1. The number of nitrogens with zero attached hydrogens (tertiary/aromatic N) is 3. The average Bonchev–Trinajstić information content (AvgIpc) is 3.16. The molecular weight excluding hydrogens is 392 g/mol. The van der Waals surface area contributed by atoms with E-state index in [9.17, 15) is 4.79 Å². The molecule has 1 aromatic heterocycles. The van der Waals surface area contributed by atoms with Crippen LogP contribution < -0.4 is 5.32 Å². The lowest BCUT2D eigenvalue weighted by molar-refractivity contribution is -0.113. The molecule has 3 aromatic carbocycles. The summed E-state index contributed by atoms with van der Waals surface area (Å²) >= 11 is 1.38. The number of para-hydroxylation sites is 1. The molecule has 0 saturated heterocycles. The minimum absolute atomic E-state index is 0.0744. The van der Waals surface area contributed by atoms with Crippen molar-refractivity contribution in [2.75, 3.05) is 11.1 Å². The number of hydrogen-bond acceptors (Lipinski definition) is 4. The number of benzene rings is 3. The van der Waals surface area contributed by atoms with Crippen LogP contribution in [0.2, 0.25) is 0 Å². The molecule has 30 heavy (non-hydrogen) atoms. The van der Waals surface area contributed by atoms with Crippen molar-refractivity contribution in [2.45, 2.75) is 18.5 Å². The van der Waals surface area contributed by atoms with Crippen molar-refractivity contribution in [1.29, 1.82) is 0 Å². The number of hydrogen-bond donors (Lipinski definition) is 1. The number of rotatable bonds is 7. The van der Waals surface area contributed by atoms with Crippen LogP contribution in [-0.4, -0.2) is 26.4 Å². The highest BCUT2D eigenvalue weighted by Crippen LogP contribution is 2.24. The first-order chi connectivity index (χ1) is 14.7. The second-order valence-electron chi connectivity index (χ2n) is 6.94. The average molecular weight is 415 g/mol. The van der Waals surface area contributed by atoms with Crippen LogP contribution in [-0.2, 0) is 11.2 Å². The van der Waals surface area contributed by atoms with Gasteiger partial charge in [0.1, 0.15) is 5.82 Å². The summed E-state index contributed by atoms with van der Waals surface area (Å²) in [4.78, 5) is 12.4. The lowest BCUT2D eigenvalue weighted by atomic mass is 10.1. The van der Waals surface area contributed by atoms with Crippen molar-refractivity contribution < 1.29 is 4.79 Å². The summed E-state index contributed by atoms with van der Waals surface area (Å²) in [5, 5.41) is 12.4. The normalized spacial score (nSPS) is 10.7. The third-order valence-corrected chi connectivity index (χ3v) is 5.48. The van der Waals surface area contributed by atoms with Crippen molar-refractivity contribution >= 4 is 23.4 Å². The van der Waals surface area contributed by atoms with E-state index in [0.29, 0.717) is 11.6 Å². The predicted octanol–water partition coefficient (Wildman–Crippen LogP) is 4.90. The standard InChI is InChI=1S/C24H22N4OS/c1-18-9-8-14-21(15-18)28-22(16-19-10-4-2-5-11-19)26-27-24(28)30-17-23(29)25-20-12-6-3-7-13-20/h2-15H,16-17H2,1H3,(H,25,29). The molecule has 5 nitrogen and oxygen atoms in total. The van der Waals surface area contributed by atoms with Crippen LogP contribution in [0.25, 0.3) is 5.69 Å². The van der Waals surface area contributed by atoms with Crippen LogP contribution in [0.1, 0.15) is 17.0 Å². The number of aromatic nitrogens is 3. The summed E-state index contributed by atoms with van der Waals surface area (Å²) in [6.45, 7) is 2.06. The first-order valence-electron chi connectivity index (χ1n) is 9.72. The fraction of sp³-hybridized carbons (Fsp3) is 0.125. The number of thioether (sulfide) groups is 1. The molecule has 0 aliphatic carbocycles. The van der Waals surface area contributed by atoms with E-state index < -0.39 is 0 Å². The van der Waals surface area contributed by atoms with Gasteiger partial charge >= 0.3 is 0 Å². The van der Waals surface area contributed by atoms with E-state index in [2.05, 4.69) is 46.7 Å². The maximum Gasteiger partial charge on any atom is 0.234 e. The molecule has 0 unspecified atom stereocenters. The summed E-state index contributed by atoms with van der Waals surface area (Å²) in [6, 6.07) is 27.9. The van der Waals surface area contributed by atoms with Gasteiger partial charge in [-0.15, -0.1) is 10.2 Å². The zero-order valence-corrected chi connectivity index (χ0v) is 17.5. The molecule has 6 heteroatoms. The van der Waals surface area contributed by atoms with Gasteiger partial charge in [0.15, 0.2) is 5.16 Å². The summed E-state index contributed by atoms with van der Waals surface area (Å²) < 4.78 is 2.04. The Morgan fingerprint density at radius 3 is 2.40 bits per heavy atom. The second-order valence-corrected chi connectivity index (χ2v) is 7.88. The Labute approximate surface area is 180 Å². The van der Waals surface area contributed by atoms with Crippen LogP contribution in [0.5, 0.6) is 0 Å². The largest absolute Gasteiger partial charge is 0.325 e. The van der Waals surface area contributed by atoms with Gasteiger partial charge in [0.2, 0.25) is 5.91 Å². The molecule has 0 saturated carbocycles. The summed E-state index contributed by atoms with van der Waals surface area (Å²) in [5.41, 5.74) is 4.10. The number of anilines is 1. The summed E-state index contributed by atoms with van der Waals surface area (Å²) in [6.07, 6.45) is 0.665. The highest BCUT2D eigenvalue weighted by atomic mass is 32.2. The van der Waals surface area contributed by atoms with Gasteiger partial charge in [-0.05, 0) is 42.3 Å². The Hall–Kier alpha value is -3.38. The monoisotopic (exact) mass is 414 g/mol. The first kappa shape index (κ1) is 19.9. The fourth-order valence-corrected chi connectivity index (χ4v) is 3.93. The molecule has 1 heterocycles. The van der Waals surface area contributed by atoms with Gasteiger partial charge in [-0.2, -0.15) is 0 Å². The molecule has 1 N–H and O–H groups in total. The molecule has 4 rings (SSSR count). The van der Waals surface area contributed by atoms with Gasteiger partial charge in [0.05, 0.1) is 5.75 Å². The molecule has 0 atom stereocenters. The van der Waals surface area contributed by atoms with Crippen molar-refractivity contribution in [3.63, 3.8) is 0 Å². The number of carbonyl (C=O) groups is 1. The van der Waals surface area contributed by atoms with Crippen molar-refractivity contribution in [3.8, 4) is 5.69 Å². The van der Waals surface area contributed by atoms with Crippen LogP contribution >= 0.6 is 11.8 Å². The maximum absolute atomic E-state index is 12.4. The second kappa shape index (κ2) is 9.41. The van der Waals surface area contributed by atoms with E-state index in [0.717, 1.165) is 28.3 Å². The van der Waals surface area contributed by atoms with E-state index in [-0.39, 0.29) is 11.7 Å². The number of aryl methyl sites for hydroxylation is 1. The van der Waals surface area contributed by atoms with Crippen molar-refractivity contribution in [3.05, 3.63) is 102 Å². The predicted molar refractivity (Wildman–Crippen MR) is 121 cm³/mol. The highest BCUT2D eigenvalue weighted by Gasteiger charge is 2.16. The Morgan fingerprint density at radius 2 is 1.67 bits per heavy atom. The van der Waals surface area contributed by atoms with Crippen LogP contribution in [0.4, 0.5) is 5.69 Å². The maximum atomic E-state index is 12.4. The zero-order chi connectivity index (χ0) is 20.8. The van der Waals surface area contributed by atoms with Gasteiger partial charge in [0.25, 0.3) is 0 Å². The van der Waals surface area contributed by atoms with Crippen LogP contribution in [0.3, 0.4) is 0 Å². The molecule has 0 aliphatic heterocycles. The zero-order valence-electron chi connectivity index (χ0n) is 16.7. The van der Waals surface area contributed by atoms with Crippen LogP contribution in [0, 0.1) is 6.92 Å². The van der Waals surface area contributed by atoms with E-state index in [1.807, 2.05) is 65.2 Å². The Bertz CT molecular complexity index is 1130.